The molecule has 0 saturated carbocycles. The highest BCUT2D eigenvalue weighted by Crippen LogP contribution is 2.34. The molecule has 1 aliphatic heterocycles. The minimum Gasteiger partial charge on any atom is -0.494 e. The summed E-state index contributed by atoms with van der Waals surface area (Å²) in [6.45, 7) is 1.43. The first-order valence-corrected chi connectivity index (χ1v) is 9.18. The molecule has 1 aliphatic rings. The Morgan fingerprint density at radius 3 is 2.36 bits per heavy atom. The molecular formula is C19H23N5O3S. The Bertz CT molecular complexity index is 1080. The molecule has 3 rings (SSSR count). The van der Waals surface area contributed by atoms with Gasteiger partial charge in [0.25, 0.3) is 5.56 Å². The van der Waals surface area contributed by atoms with Crippen molar-refractivity contribution < 1.29 is 9.90 Å². The molecule has 2 heterocycles. The second kappa shape index (κ2) is 7.23. The van der Waals surface area contributed by atoms with Crippen molar-refractivity contribution in [3.05, 3.63) is 50.5 Å². The molecule has 1 amide bonds. The average Bonchev–Trinajstić information content (AvgIpc) is 3.10. The number of hydrogen-bond acceptors (Lipinski definition) is 6. The largest absolute Gasteiger partial charge is 0.494 e. The van der Waals surface area contributed by atoms with Gasteiger partial charge in [-0.15, -0.1) is 0 Å². The third-order valence-corrected chi connectivity index (χ3v) is 5.50. The van der Waals surface area contributed by atoms with Crippen LogP contribution in [0, 0.1) is 4.77 Å². The van der Waals surface area contributed by atoms with E-state index in [0.717, 1.165) is 11.3 Å². The highest BCUT2D eigenvalue weighted by Gasteiger charge is 2.34. The predicted molar refractivity (Wildman–Crippen MR) is 110 cm³/mol. The van der Waals surface area contributed by atoms with Crippen molar-refractivity contribution in [2.24, 2.45) is 19.2 Å². The monoisotopic (exact) mass is 401 g/mol. The lowest BCUT2D eigenvalue weighted by molar-refractivity contribution is -0.130. The van der Waals surface area contributed by atoms with Gasteiger partial charge in [-0.2, -0.15) is 5.10 Å². The summed E-state index contributed by atoms with van der Waals surface area (Å²) < 4.78 is 2.83. The van der Waals surface area contributed by atoms with Crippen LogP contribution in [0.25, 0.3) is 0 Å². The second-order valence-electron chi connectivity index (χ2n) is 7.02. The molecule has 8 nitrogen and oxygen atoms in total. The first-order valence-electron chi connectivity index (χ1n) is 8.77. The maximum Gasteiger partial charge on any atom is 0.267 e. The first-order chi connectivity index (χ1) is 13.1. The van der Waals surface area contributed by atoms with Gasteiger partial charge in [-0.25, -0.2) is 5.01 Å². The standard InChI is InChI=1S/C19H23N5O3S/c1-11(25)24-15(12-6-8-13(9-7-12)21(2)3)10-14(20-24)16-17(26)22(4)19(28)23(5)18(16)27/h6-9,15,26H,10H2,1-5H3. The third kappa shape index (κ3) is 3.22. The Morgan fingerprint density at radius 1 is 1.21 bits per heavy atom. The van der Waals surface area contributed by atoms with Gasteiger partial charge < -0.3 is 10.0 Å². The Labute approximate surface area is 167 Å². The number of aromatic nitrogens is 2. The number of aromatic hydroxyl groups is 1. The van der Waals surface area contributed by atoms with E-state index in [1.54, 1.807) is 14.1 Å². The quantitative estimate of drug-likeness (QED) is 0.795. The fourth-order valence-corrected chi connectivity index (χ4v) is 3.46. The van der Waals surface area contributed by atoms with E-state index < -0.39 is 5.56 Å². The van der Waals surface area contributed by atoms with Gasteiger partial charge in [0.15, 0.2) is 4.77 Å². The third-order valence-electron chi connectivity index (χ3n) is 4.95. The number of carbonyl (C=O) groups excluding carboxylic acids is 1. The van der Waals surface area contributed by atoms with E-state index in [4.69, 9.17) is 12.2 Å². The number of nitrogens with zero attached hydrogens (tertiary/aromatic N) is 5. The molecule has 0 bridgehead atoms. The molecule has 1 atom stereocenters. The first kappa shape index (κ1) is 19.8. The van der Waals surface area contributed by atoms with Crippen molar-refractivity contribution in [3.63, 3.8) is 0 Å². The van der Waals surface area contributed by atoms with Crippen LogP contribution < -0.4 is 10.5 Å². The smallest absolute Gasteiger partial charge is 0.267 e. The molecule has 28 heavy (non-hydrogen) atoms. The molecule has 1 aromatic carbocycles. The predicted octanol–water partition coefficient (Wildman–Crippen LogP) is 1.92. The van der Waals surface area contributed by atoms with Gasteiger partial charge in [0.1, 0.15) is 5.56 Å². The Hall–Kier alpha value is -2.94. The van der Waals surface area contributed by atoms with Crippen molar-refractivity contribution in [1.82, 2.24) is 14.1 Å². The van der Waals surface area contributed by atoms with Crippen LogP contribution >= 0.6 is 12.2 Å². The minimum absolute atomic E-state index is 0.0669. The molecule has 9 heteroatoms. The zero-order valence-corrected chi connectivity index (χ0v) is 17.3. The average molecular weight is 401 g/mol. The van der Waals surface area contributed by atoms with E-state index in [1.807, 2.05) is 43.3 Å². The van der Waals surface area contributed by atoms with Crippen molar-refractivity contribution in [2.45, 2.75) is 19.4 Å². The fraction of sp³-hybridized carbons (Fsp3) is 0.368. The van der Waals surface area contributed by atoms with Gasteiger partial charge in [0.2, 0.25) is 11.8 Å². The van der Waals surface area contributed by atoms with Gasteiger partial charge in [0.05, 0.1) is 11.8 Å². The molecule has 0 spiro atoms. The number of anilines is 1. The number of hydrazone groups is 1. The molecule has 1 N–H and O–H groups in total. The number of amides is 1. The molecule has 1 aromatic heterocycles. The molecular weight excluding hydrogens is 378 g/mol. The number of rotatable bonds is 3. The molecule has 148 valence electrons. The molecule has 1 unspecified atom stereocenters. The zero-order chi connectivity index (χ0) is 20.7. The van der Waals surface area contributed by atoms with Gasteiger partial charge in [-0.3, -0.25) is 18.7 Å². The van der Waals surface area contributed by atoms with Gasteiger partial charge >= 0.3 is 0 Å². The lowest BCUT2D eigenvalue weighted by atomic mass is 9.99. The molecule has 0 saturated heterocycles. The Kier molecular flexibility index (Phi) is 5.12. The molecule has 0 fully saturated rings. The Morgan fingerprint density at radius 2 is 1.82 bits per heavy atom. The van der Waals surface area contributed by atoms with Crippen molar-refractivity contribution in [2.75, 3.05) is 19.0 Å². The zero-order valence-electron chi connectivity index (χ0n) is 16.5. The van der Waals surface area contributed by atoms with Gasteiger partial charge in [-0.05, 0) is 29.9 Å². The second-order valence-corrected chi connectivity index (χ2v) is 7.39. The van der Waals surface area contributed by atoms with E-state index in [1.165, 1.54) is 21.1 Å². The van der Waals surface area contributed by atoms with Crippen LogP contribution in [-0.2, 0) is 18.9 Å². The van der Waals surface area contributed by atoms with Crippen LogP contribution in [0.4, 0.5) is 5.69 Å². The van der Waals surface area contributed by atoms with Crippen molar-refractivity contribution >= 4 is 29.5 Å². The summed E-state index contributed by atoms with van der Waals surface area (Å²) in [7, 11) is 7.03. The summed E-state index contributed by atoms with van der Waals surface area (Å²) in [6, 6.07) is 7.47. The van der Waals surface area contributed by atoms with Crippen molar-refractivity contribution in [3.8, 4) is 5.88 Å². The van der Waals surface area contributed by atoms with E-state index in [9.17, 15) is 14.7 Å². The number of hydrogen-bond donors (Lipinski definition) is 1. The van der Waals surface area contributed by atoms with Crippen LogP contribution in [0.15, 0.2) is 34.2 Å². The fourth-order valence-electron chi connectivity index (χ4n) is 3.29. The molecule has 0 aliphatic carbocycles. The van der Waals surface area contributed by atoms with Crippen LogP contribution in [-0.4, -0.2) is 45.0 Å². The summed E-state index contributed by atoms with van der Waals surface area (Å²) >= 11 is 5.16. The summed E-state index contributed by atoms with van der Waals surface area (Å²) in [5.41, 5.74) is 1.93. The summed E-state index contributed by atoms with van der Waals surface area (Å²) in [5.74, 6) is -0.490. The summed E-state index contributed by atoms with van der Waals surface area (Å²) in [6.07, 6.45) is 0.320. The topological polar surface area (TPSA) is 83.1 Å². The van der Waals surface area contributed by atoms with E-state index >= 15 is 0 Å². The molecule has 0 radical (unpaired) electrons. The number of carbonyl (C=O) groups is 1. The van der Waals surface area contributed by atoms with Gasteiger partial charge in [0, 0.05) is 47.2 Å². The lowest BCUT2D eigenvalue weighted by Gasteiger charge is -2.21. The molecule has 2 aromatic rings. The highest BCUT2D eigenvalue weighted by molar-refractivity contribution is 7.71. The highest BCUT2D eigenvalue weighted by atomic mass is 32.1. The number of benzene rings is 1. The lowest BCUT2D eigenvalue weighted by Crippen LogP contribution is -2.28. The van der Waals surface area contributed by atoms with E-state index in [2.05, 4.69) is 5.10 Å². The normalized spacial score (nSPS) is 16.2. The minimum atomic E-state index is -0.438. The van der Waals surface area contributed by atoms with E-state index in [0.29, 0.717) is 12.1 Å². The SMILES string of the molecule is CC(=O)N1N=C(c2c(O)n(C)c(=S)n(C)c2=O)CC1c1ccc(N(C)C)cc1. The van der Waals surface area contributed by atoms with Gasteiger partial charge in [-0.1, -0.05) is 12.1 Å². The van der Waals surface area contributed by atoms with Crippen LogP contribution in [0.5, 0.6) is 5.88 Å². The Balaban J connectivity index is 2.07. The van der Waals surface area contributed by atoms with Crippen molar-refractivity contribution in [1.29, 1.82) is 0 Å². The summed E-state index contributed by atoms with van der Waals surface area (Å²) in [4.78, 5) is 26.9. The van der Waals surface area contributed by atoms with Crippen LogP contribution in [0.2, 0.25) is 0 Å². The maximum absolute atomic E-state index is 12.7. The van der Waals surface area contributed by atoms with Crippen LogP contribution in [0.3, 0.4) is 0 Å². The summed E-state index contributed by atoms with van der Waals surface area (Å²) in [5, 5.41) is 16.3. The maximum atomic E-state index is 12.7. The van der Waals surface area contributed by atoms with E-state index in [-0.39, 0.29) is 28.2 Å². The van der Waals surface area contributed by atoms with Crippen LogP contribution in [0.1, 0.15) is 30.5 Å².